The average molecular weight is 295 g/mol. The zero-order valence-electron chi connectivity index (χ0n) is 12.0. The number of piperidine rings is 1. The maximum absolute atomic E-state index is 14.1. The Labute approximate surface area is 121 Å². The average Bonchev–Trinajstić information content (AvgIpc) is 2.39. The number of nitrogens with zero attached hydrogens (tertiary/aromatic N) is 2. The van der Waals surface area contributed by atoms with E-state index in [0.29, 0.717) is 13.1 Å². The molecule has 7 heteroatoms. The van der Waals surface area contributed by atoms with E-state index in [1.54, 1.807) is 0 Å². The van der Waals surface area contributed by atoms with Gasteiger partial charge in [0, 0.05) is 31.3 Å². The molecule has 0 aliphatic carbocycles. The summed E-state index contributed by atoms with van der Waals surface area (Å²) in [6, 6.07) is 1.96. The first kappa shape index (κ1) is 15.4. The smallest absolute Gasteiger partial charge is 0.270 e. The van der Waals surface area contributed by atoms with Crippen molar-refractivity contribution < 1.29 is 14.1 Å². The molecule has 0 spiro atoms. The summed E-state index contributed by atoms with van der Waals surface area (Å²) < 4.78 is 14.1. The van der Waals surface area contributed by atoms with E-state index in [-0.39, 0.29) is 28.8 Å². The zero-order valence-corrected chi connectivity index (χ0v) is 12.0. The van der Waals surface area contributed by atoms with E-state index in [1.807, 2.05) is 6.92 Å². The van der Waals surface area contributed by atoms with Gasteiger partial charge in [0.25, 0.3) is 11.6 Å². The summed E-state index contributed by atoms with van der Waals surface area (Å²) in [6.45, 7) is 4.19. The van der Waals surface area contributed by atoms with Crippen molar-refractivity contribution in [2.45, 2.75) is 26.3 Å². The van der Waals surface area contributed by atoms with Crippen LogP contribution in [0, 0.1) is 28.8 Å². The summed E-state index contributed by atoms with van der Waals surface area (Å²) in [5, 5.41) is 10.9. The second kappa shape index (κ2) is 5.77. The Bertz CT molecular complexity index is 581. The molecule has 0 aromatic heterocycles. The molecular weight excluding hydrogens is 277 g/mol. The summed E-state index contributed by atoms with van der Waals surface area (Å²) in [7, 11) is 0. The molecule has 1 aliphatic heterocycles. The van der Waals surface area contributed by atoms with Crippen LogP contribution in [-0.2, 0) is 0 Å². The highest BCUT2D eigenvalue weighted by atomic mass is 19.1. The predicted octanol–water partition coefficient (Wildman–Crippen LogP) is 1.85. The maximum atomic E-state index is 14.1. The van der Waals surface area contributed by atoms with E-state index in [1.165, 1.54) is 11.8 Å². The molecule has 1 heterocycles. The number of rotatable bonds is 2. The lowest BCUT2D eigenvalue weighted by molar-refractivity contribution is -0.385. The summed E-state index contributed by atoms with van der Waals surface area (Å²) in [4.78, 5) is 24.1. The Morgan fingerprint density at radius 1 is 1.48 bits per heavy atom. The molecule has 1 aromatic carbocycles. The molecule has 114 valence electrons. The number of non-ortho nitro benzene ring substituents is 1. The van der Waals surface area contributed by atoms with E-state index in [9.17, 15) is 19.3 Å². The number of likely N-dealkylation sites (tertiary alicyclic amines) is 1. The van der Waals surface area contributed by atoms with Gasteiger partial charge in [-0.1, -0.05) is 6.92 Å². The Morgan fingerprint density at radius 3 is 2.71 bits per heavy atom. The molecule has 0 bridgehead atoms. The Morgan fingerprint density at radius 2 is 2.14 bits per heavy atom. The molecule has 1 aliphatic rings. The maximum Gasteiger partial charge on any atom is 0.270 e. The minimum atomic E-state index is -0.711. The number of nitro groups is 1. The van der Waals surface area contributed by atoms with Crippen LogP contribution >= 0.6 is 0 Å². The Kier molecular flexibility index (Phi) is 4.22. The number of amides is 1. The molecule has 2 unspecified atom stereocenters. The van der Waals surface area contributed by atoms with Crippen molar-refractivity contribution in [3.05, 3.63) is 39.2 Å². The molecule has 0 radical (unpaired) electrons. The van der Waals surface area contributed by atoms with Crippen LogP contribution in [0.4, 0.5) is 10.1 Å². The van der Waals surface area contributed by atoms with Crippen molar-refractivity contribution in [1.29, 1.82) is 0 Å². The van der Waals surface area contributed by atoms with Gasteiger partial charge in [-0.15, -0.1) is 0 Å². The SMILES string of the molecule is Cc1cc([N+](=O)[O-])cc(C(=O)N2CC(C)CC(N)C2)c1F. The van der Waals surface area contributed by atoms with Crippen molar-refractivity contribution in [3.63, 3.8) is 0 Å². The molecule has 6 nitrogen and oxygen atoms in total. The molecular formula is C14H18FN3O3. The van der Waals surface area contributed by atoms with Gasteiger partial charge in [0.1, 0.15) is 5.82 Å². The van der Waals surface area contributed by atoms with Crippen LogP contribution in [0.25, 0.3) is 0 Å². The highest BCUT2D eigenvalue weighted by molar-refractivity contribution is 5.95. The highest BCUT2D eigenvalue weighted by Crippen LogP contribution is 2.24. The van der Waals surface area contributed by atoms with Gasteiger partial charge in [-0.3, -0.25) is 14.9 Å². The van der Waals surface area contributed by atoms with Crippen LogP contribution < -0.4 is 5.73 Å². The number of halogens is 1. The topological polar surface area (TPSA) is 89.5 Å². The fraction of sp³-hybridized carbons (Fsp3) is 0.500. The van der Waals surface area contributed by atoms with E-state index in [2.05, 4.69) is 0 Å². The Hall–Kier alpha value is -2.02. The largest absolute Gasteiger partial charge is 0.337 e. The minimum Gasteiger partial charge on any atom is -0.337 e. The summed E-state index contributed by atoms with van der Waals surface area (Å²) >= 11 is 0. The monoisotopic (exact) mass is 295 g/mol. The van der Waals surface area contributed by atoms with Gasteiger partial charge in [0.2, 0.25) is 0 Å². The number of carbonyl (C=O) groups excluding carboxylic acids is 1. The molecule has 2 atom stereocenters. The number of aryl methyl sites for hydroxylation is 1. The van der Waals surface area contributed by atoms with Gasteiger partial charge in [-0.2, -0.15) is 0 Å². The van der Waals surface area contributed by atoms with Crippen molar-refractivity contribution in [3.8, 4) is 0 Å². The van der Waals surface area contributed by atoms with Crippen molar-refractivity contribution >= 4 is 11.6 Å². The third kappa shape index (κ3) is 3.18. The number of benzene rings is 1. The molecule has 21 heavy (non-hydrogen) atoms. The first-order chi connectivity index (χ1) is 9.79. The van der Waals surface area contributed by atoms with Crippen LogP contribution in [0.2, 0.25) is 0 Å². The standard InChI is InChI=1S/C14H18FN3O3/c1-8-3-10(16)7-17(6-8)14(19)12-5-11(18(20)21)4-9(2)13(12)15/h4-5,8,10H,3,6-7,16H2,1-2H3. The molecule has 1 saturated heterocycles. The fourth-order valence-corrected chi connectivity index (χ4v) is 2.75. The highest BCUT2D eigenvalue weighted by Gasteiger charge is 2.29. The predicted molar refractivity (Wildman–Crippen MR) is 75.5 cm³/mol. The quantitative estimate of drug-likeness (QED) is 0.666. The van der Waals surface area contributed by atoms with Crippen molar-refractivity contribution in [2.24, 2.45) is 11.7 Å². The molecule has 2 N–H and O–H groups in total. The van der Waals surface area contributed by atoms with Crippen LogP contribution in [0.1, 0.15) is 29.3 Å². The third-order valence-electron chi connectivity index (χ3n) is 3.66. The number of nitrogens with two attached hydrogens (primary N) is 1. The van der Waals surface area contributed by atoms with E-state index < -0.39 is 16.6 Å². The molecule has 1 aromatic rings. The second-order valence-corrected chi connectivity index (χ2v) is 5.69. The first-order valence-electron chi connectivity index (χ1n) is 6.79. The van der Waals surface area contributed by atoms with Gasteiger partial charge >= 0.3 is 0 Å². The molecule has 1 amide bonds. The van der Waals surface area contributed by atoms with E-state index in [4.69, 9.17) is 5.73 Å². The fourth-order valence-electron chi connectivity index (χ4n) is 2.75. The van der Waals surface area contributed by atoms with Gasteiger partial charge in [-0.05, 0) is 24.8 Å². The summed E-state index contributed by atoms with van der Waals surface area (Å²) in [5.74, 6) is -1.03. The number of hydrogen-bond donors (Lipinski definition) is 1. The lowest BCUT2D eigenvalue weighted by Crippen LogP contribution is -2.49. The first-order valence-corrected chi connectivity index (χ1v) is 6.79. The Balaban J connectivity index is 2.36. The number of hydrogen-bond acceptors (Lipinski definition) is 4. The van der Waals surface area contributed by atoms with Crippen LogP contribution in [0.15, 0.2) is 12.1 Å². The summed E-state index contributed by atoms with van der Waals surface area (Å²) in [6.07, 6.45) is 0.806. The molecule has 2 rings (SSSR count). The third-order valence-corrected chi connectivity index (χ3v) is 3.66. The normalized spacial score (nSPS) is 22.2. The van der Waals surface area contributed by atoms with Gasteiger partial charge < -0.3 is 10.6 Å². The molecule has 0 saturated carbocycles. The molecule has 1 fully saturated rings. The second-order valence-electron chi connectivity index (χ2n) is 5.69. The van der Waals surface area contributed by atoms with E-state index in [0.717, 1.165) is 18.6 Å². The van der Waals surface area contributed by atoms with Gasteiger partial charge in [-0.25, -0.2) is 4.39 Å². The van der Waals surface area contributed by atoms with Crippen molar-refractivity contribution in [2.75, 3.05) is 13.1 Å². The number of carbonyl (C=O) groups is 1. The zero-order chi connectivity index (χ0) is 15.7. The van der Waals surface area contributed by atoms with Crippen molar-refractivity contribution in [1.82, 2.24) is 4.90 Å². The lowest BCUT2D eigenvalue weighted by Gasteiger charge is -2.34. The van der Waals surface area contributed by atoms with Crippen LogP contribution in [0.5, 0.6) is 0 Å². The van der Waals surface area contributed by atoms with Crippen LogP contribution in [-0.4, -0.2) is 34.9 Å². The van der Waals surface area contributed by atoms with Gasteiger partial charge in [0.05, 0.1) is 10.5 Å². The minimum absolute atomic E-state index is 0.0851. The lowest BCUT2D eigenvalue weighted by atomic mass is 9.95. The van der Waals surface area contributed by atoms with Crippen LogP contribution in [0.3, 0.4) is 0 Å². The van der Waals surface area contributed by atoms with E-state index >= 15 is 0 Å². The summed E-state index contributed by atoms with van der Waals surface area (Å²) in [5.41, 5.74) is 5.42. The number of nitro benzene ring substituents is 1. The van der Waals surface area contributed by atoms with Gasteiger partial charge in [0.15, 0.2) is 0 Å².